The van der Waals surface area contributed by atoms with E-state index in [0.29, 0.717) is 47.7 Å². The lowest BCUT2D eigenvalue weighted by atomic mass is 9.89. The average molecular weight is 465 g/mol. The molecule has 0 bridgehead atoms. The van der Waals surface area contributed by atoms with Crippen molar-refractivity contribution in [3.8, 4) is 17.0 Å². The molecule has 180 valence electrons. The summed E-state index contributed by atoms with van der Waals surface area (Å²) in [6, 6.07) is 6.02. The van der Waals surface area contributed by atoms with Crippen molar-refractivity contribution in [1.29, 1.82) is 0 Å². The third kappa shape index (κ3) is 6.59. The molecule has 1 aliphatic heterocycles. The first kappa shape index (κ1) is 23.8. The summed E-state index contributed by atoms with van der Waals surface area (Å²) in [7, 11) is 0. The fourth-order valence-corrected chi connectivity index (χ4v) is 4.44. The van der Waals surface area contributed by atoms with Crippen LogP contribution >= 0.6 is 0 Å². The molecule has 3 atom stereocenters. The maximum atomic E-state index is 13.0. The van der Waals surface area contributed by atoms with Gasteiger partial charge in [0.15, 0.2) is 0 Å². The van der Waals surface area contributed by atoms with Gasteiger partial charge < -0.3 is 14.0 Å². The molecule has 0 saturated heterocycles. The average Bonchev–Trinajstić information content (AvgIpc) is 3.47. The van der Waals surface area contributed by atoms with Crippen molar-refractivity contribution in [3.05, 3.63) is 35.6 Å². The lowest BCUT2D eigenvalue weighted by molar-refractivity contribution is -0.274. The number of aromatic nitrogens is 1. The molecule has 2 heterocycles. The van der Waals surface area contributed by atoms with Gasteiger partial charge in [0.05, 0.1) is 19.3 Å². The molecule has 0 N–H and O–H groups in total. The molecule has 1 aromatic carbocycles. The summed E-state index contributed by atoms with van der Waals surface area (Å²) < 4.78 is 55.1. The van der Waals surface area contributed by atoms with E-state index in [1.54, 1.807) is 12.1 Å². The molecule has 2 unspecified atom stereocenters. The van der Waals surface area contributed by atoms with Gasteiger partial charge in [0.1, 0.15) is 17.2 Å². The zero-order valence-corrected chi connectivity index (χ0v) is 19.1. The van der Waals surface area contributed by atoms with Crippen LogP contribution in [0.4, 0.5) is 13.2 Å². The Labute approximate surface area is 192 Å². The van der Waals surface area contributed by atoms with Crippen molar-refractivity contribution in [3.63, 3.8) is 0 Å². The Kier molecular flexibility index (Phi) is 7.41. The molecule has 1 fully saturated rings. The number of alkyl halides is 3. The predicted octanol–water partition coefficient (Wildman–Crippen LogP) is 6.60. The Hall–Kier alpha value is -2.35. The van der Waals surface area contributed by atoms with Crippen molar-refractivity contribution in [2.75, 3.05) is 6.54 Å². The molecule has 33 heavy (non-hydrogen) atoms. The van der Waals surface area contributed by atoms with E-state index in [0.717, 1.165) is 32.1 Å². The molecular formula is C25H31F3N2O3. The van der Waals surface area contributed by atoms with Gasteiger partial charge in [-0.15, -0.1) is 13.2 Å². The first-order valence-electron chi connectivity index (χ1n) is 11.8. The van der Waals surface area contributed by atoms with Crippen LogP contribution in [0.3, 0.4) is 0 Å². The number of ether oxygens (including phenoxy) is 2. The molecule has 0 spiro atoms. The fourth-order valence-electron chi connectivity index (χ4n) is 4.44. The standard InChI is InChI=1S/C25H31F3N2O3/c1-3-17-10-16(2)11-19(14-29-13-17)31-15-21-23(12-18-8-9-18)33-30-24(21)20-6-4-5-7-22(20)32-25(26,27)28/h4-7,13,16-19H,3,8-12,14-15H2,1-2H3/b29-13-/t16?,17-,19?/m1/s1. The Morgan fingerprint density at radius 3 is 2.67 bits per heavy atom. The molecule has 4 rings (SSSR count). The third-order valence-electron chi connectivity index (χ3n) is 6.39. The molecular weight excluding hydrogens is 433 g/mol. The number of nitrogens with zero attached hydrogens (tertiary/aromatic N) is 2. The molecule has 2 aromatic rings. The number of halogens is 3. The van der Waals surface area contributed by atoms with Crippen LogP contribution in [-0.2, 0) is 17.8 Å². The van der Waals surface area contributed by atoms with Gasteiger partial charge in [-0.3, -0.25) is 4.99 Å². The second-order valence-corrected chi connectivity index (χ2v) is 9.32. The van der Waals surface area contributed by atoms with Gasteiger partial charge >= 0.3 is 6.36 Å². The summed E-state index contributed by atoms with van der Waals surface area (Å²) in [5.41, 5.74) is 1.29. The molecule has 2 aliphatic rings. The quantitative estimate of drug-likeness (QED) is 0.441. The number of benzene rings is 1. The van der Waals surface area contributed by atoms with Gasteiger partial charge in [-0.2, -0.15) is 0 Å². The van der Waals surface area contributed by atoms with Crippen LogP contribution in [0.25, 0.3) is 11.3 Å². The number of aliphatic imine (C=N–C) groups is 1. The Morgan fingerprint density at radius 1 is 1.15 bits per heavy atom. The van der Waals surface area contributed by atoms with Gasteiger partial charge in [-0.05, 0) is 62.0 Å². The van der Waals surface area contributed by atoms with Gasteiger partial charge in [0, 0.05) is 23.8 Å². The maximum absolute atomic E-state index is 13.0. The highest BCUT2D eigenvalue weighted by Crippen LogP contribution is 2.39. The first-order chi connectivity index (χ1) is 15.8. The number of hydrogen-bond acceptors (Lipinski definition) is 5. The summed E-state index contributed by atoms with van der Waals surface area (Å²) >= 11 is 0. The van der Waals surface area contributed by atoms with E-state index >= 15 is 0 Å². The monoisotopic (exact) mass is 464 g/mol. The minimum atomic E-state index is -4.79. The second kappa shape index (κ2) is 10.3. The van der Waals surface area contributed by atoms with E-state index in [9.17, 15) is 13.2 Å². The largest absolute Gasteiger partial charge is 0.573 e. The normalized spacial score (nSPS) is 24.8. The van der Waals surface area contributed by atoms with E-state index in [2.05, 4.69) is 28.7 Å². The van der Waals surface area contributed by atoms with Crippen LogP contribution in [0.1, 0.15) is 57.3 Å². The third-order valence-corrected chi connectivity index (χ3v) is 6.39. The van der Waals surface area contributed by atoms with Crippen LogP contribution in [0, 0.1) is 17.8 Å². The van der Waals surface area contributed by atoms with Gasteiger partial charge in [-0.1, -0.05) is 31.1 Å². The minimum Gasteiger partial charge on any atom is -0.405 e. The Bertz CT molecular complexity index is 953. The molecule has 5 nitrogen and oxygen atoms in total. The Balaban J connectivity index is 1.57. The van der Waals surface area contributed by atoms with Gasteiger partial charge in [0.2, 0.25) is 0 Å². The zero-order chi connectivity index (χ0) is 23.4. The van der Waals surface area contributed by atoms with Crippen LogP contribution < -0.4 is 4.74 Å². The van der Waals surface area contributed by atoms with Gasteiger partial charge in [0.25, 0.3) is 0 Å². The number of para-hydroxylation sites is 1. The summed E-state index contributed by atoms with van der Waals surface area (Å²) in [6.45, 7) is 5.19. The van der Waals surface area contributed by atoms with Crippen LogP contribution in [0.2, 0.25) is 0 Å². The van der Waals surface area contributed by atoms with E-state index in [4.69, 9.17) is 9.26 Å². The van der Waals surface area contributed by atoms with E-state index in [1.165, 1.54) is 12.1 Å². The number of rotatable bonds is 8. The fraction of sp³-hybridized carbons (Fsp3) is 0.600. The smallest absolute Gasteiger partial charge is 0.405 e. The molecule has 1 aromatic heterocycles. The maximum Gasteiger partial charge on any atom is 0.573 e. The molecule has 1 aliphatic carbocycles. The Morgan fingerprint density at radius 2 is 1.94 bits per heavy atom. The lowest BCUT2D eigenvalue weighted by Crippen LogP contribution is -2.24. The SMILES string of the molecule is CC[C@H]1/C=N\CC(OCc2c(-c3ccccc3OC(F)(F)F)noc2CC2CC2)CC(C)C1. The van der Waals surface area contributed by atoms with Crippen molar-refractivity contribution in [2.24, 2.45) is 22.7 Å². The zero-order valence-electron chi connectivity index (χ0n) is 19.1. The van der Waals surface area contributed by atoms with Crippen LogP contribution in [0.15, 0.2) is 33.8 Å². The van der Waals surface area contributed by atoms with Crippen LogP contribution in [0.5, 0.6) is 5.75 Å². The first-order valence-corrected chi connectivity index (χ1v) is 11.8. The summed E-state index contributed by atoms with van der Waals surface area (Å²) in [5.74, 6) is 1.92. The molecule has 0 radical (unpaired) electrons. The lowest BCUT2D eigenvalue weighted by Gasteiger charge is -2.25. The van der Waals surface area contributed by atoms with E-state index < -0.39 is 6.36 Å². The van der Waals surface area contributed by atoms with Crippen molar-refractivity contribution in [1.82, 2.24) is 5.16 Å². The second-order valence-electron chi connectivity index (χ2n) is 9.32. The van der Waals surface area contributed by atoms with Crippen LogP contribution in [-0.4, -0.2) is 30.4 Å². The van der Waals surface area contributed by atoms with Gasteiger partial charge in [-0.25, -0.2) is 0 Å². The van der Waals surface area contributed by atoms with Crippen molar-refractivity contribution in [2.45, 2.75) is 71.4 Å². The predicted molar refractivity (Wildman–Crippen MR) is 119 cm³/mol. The highest BCUT2D eigenvalue weighted by molar-refractivity contribution is 5.70. The highest BCUT2D eigenvalue weighted by atomic mass is 19.4. The van der Waals surface area contributed by atoms with Crippen molar-refractivity contribution < 1.29 is 27.2 Å². The van der Waals surface area contributed by atoms with Crippen molar-refractivity contribution >= 4 is 6.21 Å². The summed E-state index contributed by atoms with van der Waals surface area (Å²) in [5, 5.41) is 4.16. The summed E-state index contributed by atoms with van der Waals surface area (Å²) in [6.07, 6.45) is 3.19. The van der Waals surface area contributed by atoms with E-state index in [1.807, 2.05) is 6.21 Å². The van der Waals surface area contributed by atoms with E-state index in [-0.39, 0.29) is 24.0 Å². The molecule has 0 amide bonds. The minimum absolute atomic E-state index is 0.0627. The highest BCUT2D eigenvalue weighted by Gasteiger charge is 2.34. The number of hydrogen-bond donors (Lipinski definition) is 0. The topological polar surface area (TPSA) is 56.9 Å². The molecule has 1 saturated carbocycles. The summed E-state index contributed by atoms with van der Waals surface area (Å²) in [4.78, 5) is 4.58. The molecule has 8 heteroatoms.